The third kappa shape index (κ3) is 10.4. The van der Waals surface area contributed by atoms with Gasteiger partial charge in [0.2, 0.25) is 27.7 Å². The number of rotatable bonds is 14. The van der Waals surface area contributed by atoms with Crippen molar-refractivity contribution in [3.05, 3.63) is 77.3 Å². The Labute approximate surface area is 299 Å². The molecule has 0 fully saturated rings. The van der Waals surface area contributed by atoms with Crippen molar-refractivity contribution in [3.63, 3.8) is 0 Å². The van der Waals surface area contributed by atoms with E-state index in [4.69, 9.17) is 22.1 Å². The van der Waals surface area contributed by atoms with Crippen LogP contribution in [0.15, 0.2) is 71.6 Å². The molecule has 0 saturated carbocycles. The van der Waals surface area contributed by atoms with E-state index in [2.05, 4.69) is 10.6 Å². The maximum atomic E-state index is 13.6. The lowest BCUT2D eigenvalue weighted by Crippen LogP contribution is -2.48. The van der Waals surface area contributed by atoms with Crippen LogP contribution in [-0.2, 0) is 30.8 Å². The molecule has 12 nitrogen and oxygen atoms in total. The Hall–Kier alpha value is -4.17. The number of carbonyl (C=O) groups excluding carboxylic acids is 3. The van der Waals surface area contributed by atoms with Crippen molar-refractivity contribution in [2.75, 3.05) is 43.1 Å². The highest BCUT2D eigenvalue weighted by Crippen LogP contribution is 2.30. The van der Waals surface area contributed by atoms with E-state index in [1.807, 2.05) is 6.92 Å². The average Bonchev–Trinajstić information content (AvgIpc) is 3.12. The molecule has 0 aromatic heterocycles. The Morgan fingerprint density at radius 1 is 1.04 bits per heavy atom. The van der Waals surface area contributed by atoms with Gasteiger partial charge in [-0.25, -0.2) is 8.42 Å². The number of halogens is 1. The summed E-state index contributed by atoms with van der Waals surface area (Å²) in [6.45, 7) is 3.60. The van der Waals surface area contributed by atoms with Crippen molar-refractivity contribution in [1.29, 1.82) is 0 Å². The van der Waals surface area contributed by atoms with E-state index in [0.29, 0.717) is 59.1 Å². The van der Waals surface area contributed by atoms with Crippen LogP contribution in [0.1, 0.15) is 51.5 Å². The fourth-order valence-corrected chi connectivity index (χ4v) is 6.97. The number of amides is 3. The molecule has 270 valence electrons. The molecule has 3 aromatic carbocycles. The van der Waals surface area contributed by atoms with Gasteiger partial charge in [0.25, 0.3) is 0 Å². The van der Waals surface area contributed by atoms with Crippen LogP contribution in [0.5, 0.6) is 5.75 Å². The number of fused-ring (bicyclic) bond motifs is 1. The normalized spacial score (nSPS) is 17.2. The minimum absolute atomic E-state index is 0.0123. The van der Waals surface area contributed by atoms with Crippen LogP contribution < -0.4 is 21.1 Å². The third-order valence-corrected chi connectivity index (χ3v) is 10.8. The summed E-state index contributed by atoms with van der Waals surface area (Å²) in [5.74, 6) is -0.492. The first-order valence-electron chi connectivity index (χ1n) is 16.6. The van der Waals surface area contributed by atoms with Gasteiger partial charge in [0.1, 0.15) is 11.9 Å². The largest absolute Gasteiger partial charge is 0.488 e. The maximum Gasteiger partial charge on any atom is 0.242 e. The molecule has 1 heterocycles. The summed E-state index contributed by atoms with van der Waals surface area (Å²) in [6.07, 6.45) is 1.73. The summed E-state index contributed by atoms with van der Waals surface area (Å²) < 4.78 is 34.5. The monoisotopic (exact) mass is 727 g/mol. The Kier molecular flexibility index (Phi) is 13.6. The predicted octanol–water partition coefficient (Wildman–Crippen LogP) is 4.92. The van der Waals surface area contributed by atoms with Crippen LogP contribution in [0.4, 0.5) is 17.1 Å². The number of nitrogens with one attached hydrogen (secondary N) is 2. The van der Waals surface area contributed by atoms with Crippen LogP contribution in [0.2, 0.25) is 5.02 Å². The number of benzene rings is 3. The molecule has 0 aliphatic carbocycles. The van der Waals surface area contributed by atoms with Gasteiger partial charge in [0, 0.05) is 48.6 Å². The van der Waals surface area contributed by atoms with E-state index in [1.54, 1.807) is 54.3 Å². The van der Waals surface area contributed by atoms with Gasteiger partial charge in [0.15, 0.2) is 0 Å². The lowest BCUT2D eigenvalue weighted by Gasteiger charge is -2.33. The van der Waals surface area contributed by atoms with Crippen molar-refractivity contribution in [1.82, 2.24) is 9.21 Å². The van der Waals surface area contributed by atoms with E-state index < -0.39 is 22.2 Å². The number of aliphatic hydroxyl groups is 1. The predicted molar refractivity (Wildman–Crippen MR) is 194 cm³/mol. The minimum atomic E-state index is -3.88. The van der Waals surface area contributed by atoms with Crippen LogP contribution >= 0.6 is 11.6 Å². The molecule has 1 aliphatic rings. The first-order chi connectivity index (χ1) is 23.8. The molecule has 4 rings (SSSR count). The van der Waals surface area contributed by atoms with Crippen LogP contribution in [-0.4, -0.2) is 79.3 Å². The first kappa shape index (κ1) is 38.6. The third-order valence-electron chi connectivity index (χ3n) is 8.70. The molecule has 3 atom stereocenters. The SMILES string of the molecule is C[C@H]1CN([C@@H](C)CO)C(=O)Cc2cc(NC(=O)CCCCCC(=O)Nc3ccccc3N)ccc2O[C@H]1CN(C)S(=O)(=O)c1ccc(Cl)cc1. The molecule has 3 aromatic rings. The summed E-state index contributed by atoms with van der Waals surface area (Å²) in [5.41, 5.74) is 7.96. The second-order valence-corrected chi connectivity index (χ2v) is 15.2. The Bertz CT molecular complexity index is 1760. The number of likely N-dealkylation sites (N-methyl/N-ethyl adjacent to an activating group) is 1. The average molecular weight is 728 g/mol. The number of carbonyl (C=O) groups is 3. The second kappa shape index (κ2) is 17.7. The highest BCUT2D eigenvalue weighted by molar-refractivity contribution is 7.89. The highest BCUT2D eigenvalue weighted by Gasteiger charge is 2.33. The number of nitrogens with zero attached hydrogens (tertiary/aromatic N) is 2. The molecular formula is C36H46ClN5O7S. The van der Waals surface area contributed by atoms with Gasteiger partial charge >= 0.3 is 0 Å². The Balaban J connectivity index is 1.41. The van der Waals surface area contributed by atoms with E-state index in [-0.39, 0.29) is 61.1 Å². The number of para-hydroxylation sites is 2. The molecular weight excluding hydrogens is 682 g/mol. The summed E-state index contributed by atoms with van der Waals surface area (Å²) in [4.78, 5) is 40.3. The number of nitrogen functional groups attached to an aromatic ring is 1. The van der Waals surface area contributed by atoms with Gasteiger partial charge in [-0.3, -0.25) is 14.4 Å². The fourth-order valence-electron chi connectivity index (χ4n) is 5.66. The van der Waals surface area contributed by atoms with Gasteiger partial charge in [-0.2, -0.15) is 4.31 Å². The number of nitrogens with two attached hydrogens (primary N) is 1. The number of unbranched alkanes of at least 4 members (excludes halogenated alkanes) is 2. The van der Waals surface area contributed by atoms with Crippen molar-refractivity contribution in [3.8, 4) is 5.75 Å². The molecule has 0 radical (unpaired) electrons. The number of aliphatic hydroxyl groups excluding tert-OH is 1. The Morgan fingerprint density at radius 2 is 1.70 bits per heavy atom. The lowest BCUT2D eigenvalue weighted by molar-refractivity contribution is -0.134. The van der Waals surface area contributed by atoms with Gasteiger partial charge in [-0.15, -0.1) is 0 Å². The summed E-state index contributed by atoms with van der Waals surface area (Å²) in [5, 5.41) is 16.0. The number of hydrogen-bond donors (Lipinski definition) is 4. The molecule has 0 bridgehead atoms. The summed E-state index contributed by atoms with van der Waals surface area (Å²) in [7, 11) is -2.41. The lowest BCUT2D eigenvalue weighted by atomic mass is 10.0. The van der Waals surface area contributed by atoms with Gasteiger partial charge in [-0.1, -0.05) is 37.1 Å². The topological polar surface area (TPSA) is 171 Å². The molecule has 3 amide bonds. The first-order valence-corrected chi connectivity index (χ1v) is 18.5. The smallest absolute Gasteiger partial charge is 0.242 e. The van der Waals surface area contributed by atoms with Gasteiger partial charge in [0.05, 0.1) is 41.9 Å². The zero-order chi connectivity index (χ0) is 36.4. The standard InChI is InChI=1S/C36H46ClN5O7S/c1-24-21-42(25(2)23-43)36(46)20-26-19-28(39-34(44)11-5-4-6-12-35(45)40-31-10-8-7-9-30(31)38)15-18-32(26)49-33(24)22-41(3)50(47,48)29-16-13-27(37)14-17-29/h7-10,13-19,24-25,33,43H,4-6,11-12,20-23,38H2,1-3H3,(H,39,44)(H,40,45)/t24-,25-,33-/m0/s1. The number of hydrogen-bond acceptors (Lipinski definition) is 8. The molecule has 14 heteroatoms. The van der Waals surface area contributed by atoms with E-state index in [1.165, 1.54) is 35.6 Å². The molecule has 1 aliphatic heterocycles. The molecule has 0 spiro atoms. The van der Waals surface area contributed by atoms with Gasteiger partial charge in [-0.05, 0) is 74.4 Å². The fraction of sp³-hybridized carbons (Fsp3) is 0.417. The zero-order valence-corrected chi connectivity index (χ0v) is 30.2. The van der Waals surface area contributed by atoms with E-state index in [0.717, 1.165) is 0 Å². The van der Waals surface area contributed by atoms with E-state index in [9.17, 15) is 27.9 Å². The highest BCUT2D eigenvalue weighted by atomic mass is 35.5. The number of sulfonamides is 1. The molecule has 0 unspecified atom stereocenters. The zero-order valence-electron chi connectivity index (χ0n) is 28.6. The van der Waals surface area contributed by atoms with Crippen LogP contribution in [0.3, 0.4) is 0 Å². The maximum absolute atomic E-state index is 13.6. The van der Waals surface area contributed by atoms with Crippen molar-refractivity contribution >= 4 is 56.4 Å². The summed E-state index contributed by atoms with van der Waals surface area (Å²) >= 11 is 5.97. The Morgan fingerprint density at radius 3 is 2.36 bits per heavy atom. The van der Waals surface area contributed by atoms with E-state index >= 15 is 0 Å². The van der Waals surface area contributed by atoms with Crippen molar-refractivity contribution in [2.45, 2.75) is 69.4 Å². The minimum Gasteiger partial charge on any atom is -0.488 e. The van der Waals surface area contributed by atoms with Crippen LogP contribution in [0, 0.1) is 5.92 Å². The molecule has 50 heavy (non-hydrogen) atoms. The second-order valence-electron chi connectivity index (χ2n) is 12.7. The molecule has 0 saturated heterocycles. The molecule has 5 N–H and O–H groups in total. The number of ether oxygens (including phenoxy) is 1. The summed E-state index contributed by atoms with van der Waals surface area (Å²) in [6, 6.07) is 17.5. The van der Waals surface area contributed by atoms with Gasteiger partial charge < -0.3 is 31.1 Å². The van der Waals surface area contributed by atoms with Crippen molar-refractivity contribution < 1.29 is 32.6 Å². The van der Waals surface area contributed by atoms with Crippen molar-refractivity contribution in [2.24, 2.45) is 5.92 Å². The quantitative estimate of drug-likeness (QED) is 0.134. The van der Waals surface area contributed by atoms with Crippen LogP contribution in [0.25, 0.3) is 0 Å². The number of anilines is 3.